The van der Waals surface area contributed by atoms with Crippen LogP contribution in [0.4, 0.5) is 5.69 Å². The van der Waals surface area contributed by atoms with Crippen molar-refractivity contribution >= 4 is 15.7 Å². The number of nitro groups is 1. The van der Waals surface area contributed by atoms with Crippen molar-refractivity contribution in [2.45, 2.75) is 30.7 Å². The maximum atomic E-state index is 12.4. The molecule has 0 radical (unpaired) electrons. The van der Waals surface area contributed by atoms with Gasteiger partial charge in [0.25, 0.3) is 5.69 Å². The van der Waals surface area contributed by atoms with E-state index >= 15 is 0 Å². The Morgan fingerprint density at radius 2 is 1.61 bits per heavy atom. The van der Waals surface area contributed by atoms with Gasteiger partial charge in [-0.2, -0.15) is 0 Å². The number of nitro benzene ring substituents is 1. The van der Waals surface area contributed by atoms with Gasteiger partial charge in [0.05, 0.1) is 9.82 Å². The molecule has 0 aliphatic carbocycles. The molecule has 0 fully saturated rings. The zero-order valence-electron chi connectivity index (χ0n) is 12.9. The summed E-state index contributed by atoms with van der Waals surface area (Å²) in [6, 6.07) is 14.4. The van der Waals surface area contributed by atoms with Crippen molar-refractivity contribution in [3.63, 3.8) is 0 Å². The summed E-state index contributed by atoms with van der Waals surface area (Å²) in [6.07, 6.45) is 0.528. The zero-order valence-corrected chi connectivity index (χ0v) is 13.7. The van der Waals surface area contributed by atoms with E-state index in [9.17, 15) is 18.5 Å². The van der Waals surface area contributed by atoms with Crippen LogP contribution >= 0.6 is 0 Å². The lowest BCUT2D eigenvalue weighted by molar-refractivity contribution is -0.384. The summed E-state index contributed by atoms with van der Waals surface area (Å²) >= 11 is 0. The molecule has 1 N–H and O–H groups in total. The van der Waals surface area contributed by atoms with Crippen LogP contribution in [0, 0.1) is 10.1 Å². The standard InChI is InChI=1S/C16H18N2O4S/c1-16(2,12-13-6-4-3-5-7-13)17-23(21,22)15-10-8-14(9-11-15)18(19)20/h3-11,17H,12H2,1-2H3. The number of benzene rings is 2. The summed E-state index contributed by atoms with van der Waals surface area (Å²) in [6.45, 7) is 3.59. The highest BCUT2D eigenvalue weighted by molar-refractivity contribution is 7.89. The van der Waals surface area contributed by atoms with E-state index in [0.29, 0.717) is 6.42 Å². The van der Waals surface area contributed by atoms with Gasteiger partial charge in [0.1, 0.15) is 0 Å². The minimum atomic E-state index is -3.75. The first-order chi connectivity index (χ1) is 10.7. The van der Waals surface area contributed by atoms with E-state index in [0.717, 1.165) is 5.56 Å². The monoisotopic (exact) mass is 334 g/mol. The van der Waals surface area contributed by atoms with Crippen molar-refractivity contribution in [3.05, 3.63) is 70.3 Å². The molecule has 122 valence electrons. The topological polar surface area (TPSA) is 89.3 Å². The van der Waals surface area contributed by atoms with E-state index in [4.69, 9.17) is 0 Å². The first-order valence-electron chi connectivity index (χ1n) is 7.02. The van der Waals surface area contributed by atoms with Crippen molar-refractivity contribution in [1.82, 2.24) is 4.72 Å². The highest BCUT2D eigenvalue weighted by Gasteiger charge is 2.26. The molecule has 0 heterocycles. The second kappa shape index (κ2) is 6.47. The summed E-state index contributed by atoms with van der Waals surface area (Å²) in [4.78, 5) is 10.1. The largest absolute Gasteiger partial charge is 0.269 e. The van der Waals surface area contributed by atoms with Gasteiger partial charge in [0.2, 0.25) is 10.0 Å². The van der Waals surface area contributed by atoms with Crippen LogP contribution in [0.25, 0.3) is 0 Å². The Bertz CT molecular complexity index is 785. The van der Waals surface area contributed by atoms with Gasteiger partial charge in [-0.1, -0.05) is 30.3 Å². The molecule has 0 saturated heterocycles. The van der Waals surface area contributed by atoms with Gasteiger partial charge < -0.3 is 0 Å². The van der Waals surface area contributed by atoms with Crippen molar-refractivity contribution < 1.29 is 13.3 Å². The molecule has 0 spiro atoms. The van der Waals surface area contributed by atoms with Gasteiger partial charge in [-0.15, -0.1) is 0 Å². The summed E-state index contributed by atoms with van der Waals surface area (Å²) in [5.74, 6) is 0. The number of hydrogen-bond acceptors (Lipinski definition) is 4. The van der Waals surface area contributed by atoms with Crippen molar-refractivity contribution in [3.8, 4) is 0 Å². The Hall–Kier alpha value is -2.25. The maximum absolute atomic E-state index is 12.4. The van der Waals surface area contributed by atoms with Gasteiger partial charge in [-0.3, -0.25) is 10.1 Å². The van der Waals surface area contributed by atoms with Gasteiger partial charge in [0, 0.05) is 17.7 Å². The van der Waals surface area contributed by atoms with E-state index in [1.54, 1.807) is 13.8 Å². The zero-order chi connectivity index (χ0) is 17.1. The molecule has 7 heteroatoms. The molecule has 2 rings (SSSR count). The van der Waals surface area contributed by atoms with Crippen molar-refractivity contribution in [2.24, 2.45) is 0 Å². The van der Waals surface area contributed by atoms with Crippen LogP contribution in [0.5, 0.6) is 0 Å². The quantitative estimate of drug-likeness (QED) is 0.650. The molecule has 23 heavy (non-hydrogen) atoms. The molecule has 0 unspecified atom stereocenters. The van der Waals surface area contributed by atoms with Crippen LogP contribution in [-0.2, 0) is 16.4 Å². The lowest BCUT2D eigenvalue weighted by Gasteiger charge is -2.26. The minimum Gasteiger partial charge on any atom is -0.258 e. The number of rotatable bonds is 6. The number of nitrogens with one attached hydrogen (secondary N) is 1. The predicted molar refractivity (Wildman–Crippen MR) is 87.6 cm³/mol. The van der Waals surface area contributed by atoms with Crippen LogP contribution < -0.4 is 4.72 Å². The fourth-order valence-electron chi connectivity index (χ4n) is 2.31. The third kappa shape index (κ3) is 4.61. The van der Waals surface area contributed by atoms with E-state index in [-0.39, 0.29) is 10.6 Å². The molecular weight excluding hydrogens is 316 g/mol. The van der Waals surface area contributed by atoms with Crippen LogP contribution in [0.2, 0.25) is 0 Å². The summed E-state index contributed by atoms with van der Waals surface area (Å²) in [5, 5.41) is 10.6. The normalized spacial score (nSPS) is 12.1. The van der Waals surface area contributed by atoms with Crippen LogP contribution in [0.3, 0.4) is 0 Å². The van der Waals surface area contributed by atoms with E-state index in [2.05, 4.69) is 4.72 Å². The molecule has 0 aliphatic heterocycles. The number of nitrogens with zero attached hydrogens (tertiary/aromatic N) is 1. The SMILES string of the molecule is CC(C)(Cc1ccccc1)NS(=O)(=O)c1ccc([N+](=O)[O-])cc1. The lowest BCUT2D eigenvalue weighted by Crippen LogP contribution is -2.44. The van der Waals surface area contributed by atoms with E-state index < -0.39 is 20.5 Å². The highest BCUT2D eigenvalue weighted by atomic mass is 32.2. The Balaban J connectivity index is 2.17. The molecule has 6 nitrogen and oxygen atoms in total. The molecule has 2 aromatic rings. The van der Waals surface area contributed by atoms with Crippen LogP contribution in [0.15, 0.2) is 59.5 Å². The number of hydrogen-bond donors (Lipinski definition) is 1. The fraction of sp³-hybridized carbons (Fsp3) is 0.250. The van der Waals surface area contributed by atoms with Crippen LogP contribution in [-0.4, -0.2) is 18.9 Å². The smallest absolute Gasteiger partial charge is 0.258 e. The van der Waals surface area contributed by atoms with Crippen molar-refractivity contribution in [1.29, 1.82) is 0 Å². The summed E-state index contributed by atoms with van der Waals surface area (Å²) in [5.41, 5.74) is 0.179. The Morgan fingerprint density at radius 3 is 2.13 bits per heavy atom. The molecule has 0 amide bonds. The first kappa shape index (κ1) is 17.1. The molecule has 0 atom stereocenters. The highest BCUT2D eigenvalue weighted by Crippen LogP contribution is 2.19. The van der Waals surface area contributed by atoms with E-state index in [1.165, 1.54) is 24.3 Å². The van der Waals surface area contributed by atoms with Gasteiger partial charge in [0.15, 0.2) is 0 Å². The van der Waals surface area contributed by atoms with Crippen LogP contribution in [0.1, 0.15) is 19.4 Å². The number of sulfonamides is 1. The average Bonchev–Trinajstić information content (AvgIpc) is 2.46. The second-order valence-corrected chi connectivity index (χ2v) is 7.59. The van der Waals surface area contributed by atoms with Gasteiger partial charge >= 0.3 is 0 Å². The fourth-order valence-corrected chi connectivity index (χ4v) is 3.72. The Morgan fingerprint density at radius 1 is 1.04 bits per heavy atom. The van der Waals surface area contributed by atoms with Gasteiger partial charge in [-0.25, -0.2) is 13.1 Å². The average molecular weight is 334 g/mol. The second-order valence-electron chi connectivity index (χ2n) is 5.90. The third-order valence-electron chi connectivity index (χ3n) is 3.26. The Labute approximate surface area is 135 Å². The molecule has 0 saturated carbocycles. The predicted octanol–water partition coefficient (Wildman–Crippen LogP) is 2.89. The Kier molecular flexibility index (Phi) is 4.82. The molecule has 2 aromatic carbocycles. The molecular formula is C16H18N2O4S. The van der Waals surface area contributed by atoms with Crippen molar-refractivity contribution in [2.75, 3.05) is 0 Å². The maximum Gasteiger partial charge on any atom is 0.269 e. The van der Waals surface area contributed by atoms with Gasteiger partial charge in [-0.05, 0) is 38.0 Å². The summed E-state index contributed by atoms with van der Waals surface area (Å²) in [7, 11) is -3.75. The summed E-state index contributed by atoms with van der Waals surface area (Å²) < 4.78 is 27.5. The molecule has 0 aliphatic rings. The first-order valence-corrected chi connectivity index (χ1v) is 8.50. The number of non-ortho nitro benzene ring substituents is 1. The molecule has 0 bridgehead atoms. The molecule has 0 aromatic heterocycles. The lowest BCUT2D eigenvalue weighted by atomic mass is 9.96. The third-order valence-corrected chi connectivity index (χ3v) is 4.97. The minimum absolute atomic E-state index is 0.00392. The van der Waals surface area contributed by atoms with E-state index in [1.807, 2.05) is 30.3 Å².